The number of nitrogens with zero attached hydrogens (tertiary/aromatic N) is 4. The molecule has 138 valence electrons. The van der Waals surface area contributed by atoms with Gasteiger partial charge in [-0.15, -0.1) is 5.10 Å². The lowest BCUT2D eigenvalue weighted by atomic mass is 10.1. The highest BCUT2D eigenvalue weighted by Crippen LogP contribution is 2.27. The third kappa shape index (κ3) is 4.67. The monoisotopic (exact) mass is 357 g/mol. The summed E-state index contributed by atoms with van der Waals surface area (Å²) in [5, 5.41) is 6.34. The van der Waals surface area contributed by atoms with Gasteiger partial charge in [0.15, 0.2) is 0 Å². The first-order chi connectivity index (χ1) is 11.7. The van der Waals surface area contributed by atoms with Crippen molar-refractivity contribution in [3.8, 4) is 0 Å². The van der Waals surface area contributed by atoms with Crippen molar-refractivity contribution < 1.29 is 18.0 Å². The number of rotatable bonds is 7. The van der Waals surface area contributed by atoms with Gasteiger partial charge in [0.25, 0.3) is 11.6 Å². The Hall–Kier alpha value is -2.19. The van der Waals surface area contributed by atoms with Gasteiger partial charge >= 0.3 is 6.18 Å². The second-order valence-corrected chi connectivity index (χ2v) is 5.96. The van der Waals surface area contributed by atoms with E-state index < -0.39 is 12.0 Å². The summed E-state index contributed by atoms with van der Waals surface area (Å²) in [6.45, 7) is 6.08. The molecular weight excluding hydrogens is 335 g/mol. The maximum Gasteiger partial charge on any atom is 0.453 e. The number of aromatic nitrogens is 4. The van der Waals surface area contributed by atoms with Crippen LogP contribution in [0.15, 0.2) is 0 Å². The SMILES string of the molecule is CCCCCNC(=O)CCc1c(C)nc2nc(C(F)(F)F)nn2c1C. The lowest BCUT2D eigenvalue weighted by Crippen LogP contribution is -2.25. The van der Waals surface area contributed by atoms with E-state index in [2.05, 4.69) is 27.3 Å². The number of alkyl halides is 3. The van der Waals surface area contributed by atoms with Gasteiger partial charge in [-0.2, -0.15) is 18.2 Å². The number of aryl methyl sites for hydroxylation is 2. The van der Waals surface area contributed by atoms with Crippen LogP contribution in [-0.2, 0) is 17.4 Å². The molecule has 2 aromatic rings. The Morgan fingerprint density at radius 3 is 2.56 bits per heavy atom. The average molecular weight is 357 g/mol. The highest BCUT2D eigenvalue weighted by Gasteiger charge is 2.36. The highest BCUT2D eigenvalue weighted by molar-refractivity contribution is 5.76. The van der Waals surface area contributed by atoms with Gasteiger partial charge in [-0.25, -0.2) is 9.50 Å². The molecule has 1 N–H and O–H groups in total. The molecule has 0 spiro atoms. The number of fused-ring (bicyclic) bond motifs is 1. The van der Waals surface area contributed by atoms with Crippen molar-refractivity contribution in [2.75, 3.05) is 6.54 Å². The summed E-state index contributed by atoms with van der Waals surface area (Å²) in [4.78, 5) is 19.4. The second kappa shape index (κ2) is 7.79. The summed E-state index contributed by atoms with van der Waals surface area (Å²) in [6.07, 6.45) is -0.895. The standard InChI is InChI=1S/C16H22F3N5O/c1-4-5-6-9-20-13(25)8-7-12-10(2)21-15-22-14(16(17,18)19)23-24(15)11(12)3/h4-9H2,1-3H3,(H,20,25). The molecule has 0 atom stereocenters. The third-order valence-corrected chi connectivity index (χ3v) is 4.01. The predicted octanol–water partition coefficient (Wildman–Crippen LogP) is 3.00. The molecule has 0 unspecified atom stereocenters. The summed E-state index contributed by atoms with van der Waals surface area (Å²) in [6, 6.07) is 0. The Labute approximate surface area is 143 Å². The number of carbonyl (C=O) groups is 1. The minimum absolute atomic E-state index is 0.0791. The largest absolute Gasteiger partial charge is 0.453 e. The number of halogens is 3. The minimum atomic E-state index is -4.62. The fourth-order valence-electron chi connectivity index (χ4n) is 2.62. The van der Waals surface area contributed by atoms with Gasteiger partial charge < -0.3 is 5.32 Å². The topological polar surface area (TPSA) is 72.2 Å². The zero-order valence-corrected chi connectivity index (χ0v) is 14.6. The fraction of sp³-hybridized carbons (Fsp3) is 0.625. The van der Waals surface area contributed by atoms with Gasteiger partial charge in [-0.05, 0) is 32.3 Å². The number of hydrogen-bond donors (Lipinski definition) is 1. The Balaban J connectivity index is 2.12. The molecule has 6 nitrogen and oxygen atoms in total. The van der Waals surface area contributed by atoms with Gasteiger partial charge in [-0.1, -0.05) is 19.8 Å². The van der Waals surface area contributed by atoms with Crippen molar-refractivity contribution in [2.24, 2.45) is 0 Å². The van der Waals surface area contributed by atoms with Crippen molar-refractivity contribution in [3.05, 3.63) is 22.8 Å². The molecule has 2 aromatic heterocycles. The van der Waals surface area contributed by atoms with E-state index in [0.717, 1.165) is 29.3 Å². The summed E-state index contributed by atoms with van der Waals surface area (Å²) in [5.74, 6) is -1.38. The number of carbonyl (C=O) groups excluding carboxylic acids is 1. The van der Waals surface area contributed by atoms with E-state index in [1.165, 1.54) is 0 Å². The summed E-state index contributed by atoms with van der Waals surface area (Å²) in [5.41, 5.74) is 1.80. The van der Waals surface area contributed by atoms with Crippen LogP contribution in [0.2, 0.25) is 0 Å². The van der Waals surface area contributed by atoms with Gasteiger partial charge in [0.05, 0.1) is 0 Å². The second-order valence-electron chi connectivity index (χ2n) is 5.96. The molecular formula is C16H22F3N5O. The summed E-state index contributed by atoms with van der Waals surface area (Å²) >= 11 is 0. The molecule has 2 heterocycles. The average Bonchev–Trinajstić information content (AvgIpc) is 2.95. The lowest BCUT2D eigenvalue weighted by Gasteiger charge is -2.10. The van der Waals surface area contributed by atoms with E-state index in [4.69, 9.17) is 0 Å². The van der Waals surface area contributed by atoms with Crippen molar-refractivity contribution >= 4 is 11.7 Å². The van der Waals surface area contributed by atoms with Crippen LogP contribution in [0.3, 0.4) is 0 Å². The first kappa shape index (κ1) is 19.1. The molecule has 0 saturated carbocycles. The Bertz CT molecular complexity index is 754. The molecule has 1 amide bonds. The molecule has 0 bridgehead atoms. The molecule has 0 aliphatic rings. The molecule has 2 rings (SSSR count). The maximum absolute atomic E-state index is 12.8. The molecule has 0 aromatic carbocycles. The maximum atomic E-state index is 12.8. The molecule has 0 radical (unpaired) electrons. The normalized spacial score (nSPS) is 11.9. The van der Waals surface area contributed by atoms with Crippen LogP contribution >= 0.6 is 0 Å². The number of unbranched alkanes of at least 4 members (excludes halogenated alkanes) is 2. The minimum Gasteiger partial charge on any atom is -0.356 e. The van der Waals surface area contributed by atoms with Crippen LogP contribution in [0.4, 0.5) is 13.2 Å². The van der Waals surface area contributed by atoms with Gasteiger partial charge in [0, 0.05) is 24.4 Å². The predicted molar refractivity (Wildman–Crippen MR) is 86.1 cm³/mol. The Kier molecular flexibility index (Phi) is 5.97. The lowest BCUT2D eigenvalue weighted by molar-refractivity contribution is -0.144. The molecule has 0 saturated heterocycles. The zero-order valence-electron chi connectivity index (χ0n) is 14.6. The Morgan fingerprint density at radius 2 is 1.92 bits per heavy atom. The summed E-state index contributed by atoms with van der Waals surface area (Å²) in [7, 11) is 0. The highest BCUT2D eigenvalue weighted by atomic mass is 19.4. The van der Waals surface area contributed by atoms with Crippen LogP contribution in [0.25, 0.3) is 5.78 Å². The van der Waals surface area contributed by atoms with Gasteiger partial charge in [-0.3, -0.25) is 4.79 Å². The Morgan fingerprint density at radius 1 is 1.20 bits per heavy atom. The first-order valence-corrected chi connectivity index (χ1v) is 8.30. The molecule has 0 fully saturated rings. The van der Waals surface area contributed by atoms with E-state index in [9.17, 15) is 18.0 Å². The van der Waals surface area contributed by atoms with Crippen molar-refractivity contribution in [1.29, 1.82) is 0 Å². The molecule has 0 aliphatic carbocycles. The van der Waals surface area contributed by atoms with E-state index in [1.807, 2.05) is 0 Å². The molecule has 9 heteroatoms. The van der Waals surface area contributed by atoms with Crippen LogP contribution < -0.4 is 5.32 Å². The number of hydrogen-bond acceptors (Lipinski definition) is 4. The van der Waals surface area contributed by atoms with Gasteiger partial charge in [0.2, 0.25) is 5.91 Å². The number of nitrogens with one attached hydrogen (secondary N) is 1. The van der Waals surface area contributed by atoms with E-state index >= 15 is 0 Å². The van der Waals surface area contributed by atoms with Crippen LogP contribution in [0, 0.1) is 13.8 Å². The van der Waals surface area contributed by atoms with Crippen LogP contribution in [-0.4, -0.2) is 32.0 Å². The van der Waals surface area contributed by atoms with Crippen molar-refractivity contribution in [1.82, 2.24) is 24.9 Å². The first-order valence-electron chi connectivity index (χ1n) is 8.30. The zero-order chi connectivity index (χ0) is 18.6. The van der Waals surface area contributed by atoms with Crippen LogP contribution in [0.5, 0.6) is 0 Å². The van der Waals surface area contributed by atoms with Gasteiger partial charge in [0.1, 0.15) is 0 Å². The summed E-state index contributed by atoms with van der Waals surface area (Å²) < 4.78 is 39.4. The molecule has 0 aliphatic heterocycles. The number of amides is 1. The van der Waals surface area contributed by atoms with Crippen LogP contribution in [0.1, 0.15) is 55.4 Å². The quantitative estimate of drug-likeness (QED) is 0.773. The van der Waals surface area contributed by atoms with Crippen molar-refractivity contribution in [2.45, 2.75) is 59.1 Å². The third-order valence-electron chi connectivity index (χ3n) is 4.01. The smallest absolute Gasteiger partial charge is 0.356 e. The van der Waals surface area contributed by atoms with E-state index in [-0.39, 0.29) is 18.1 Å². The van der Waals surface area contributed by atoms with E-state index in [0.29, 0.717) is 24.4 Å². The van der Waals surface area contributed by atoms with Crippen molar-refractivity contribution in [3.63, 3.8) is 0 Å². The fourth-order valence-corrected chi connectivity index (χ4v) is 2.62. The van der Waals surface area contributed by atoms with E-state index in [1.54, 1.807) is 13.8 Å². The molecule has 25 heavy (non-hydrogen) atoms.